The van der Waals surface area contributed by atoms with Crippen LogP contribution in [0.15, 0.2) is 18.2 Å². The van der Waals surface area contributed by atoms with Gasteiger partial charge in [0, 0.05) is 13.3 Å². The molecule has 0 bridgehead atoms. The summed E-state index contributed by atoms with van der Waals surface area (Å²) in [5.74, 6) is -0.495. The molecule has 14 heavy (non-hydrogen) atoms. The van der Waals surface area contributed by atoms with Crippen LogP contribution in [0.25, 0.3) is 0 Å². The fraction of sp³-hybridized carbons (Fsp3) is 0.364. The van der Waals surface area contributed by atoms with Crippen LogP contribution in [0, 0.1) is 12.7 Å². The van der Waals surface area contributed by atoms with Crippen LogP contribution in [0.3, 0.4) is 0 Å². The van der Waals surface area contributed by atoms with Crippen LogP contribution in [0.4, 0.5) is 4.39 Å². The van der Waals surface area contributed by atoms with Gasteiger partial charge in [0.1, 0.15) is 5.82 Å². The first-order valence-electron chi connectivity index (χ1n) is 4.48. The minimum atomic E-state index is -0.288. The zero-order valence-electron chi connectivity index (χ0n) is 8.34. The molecule has 0 unspecified atom stereocenters. The molecule has 0 aliphatic heterocycles. The lowest BCUT2D eigenvalue weighted by atomic mass is 10.1. The zero-order chi connectivity index (χ0) is 10.6. The molecule has 0 N–H and O–H groups in total. The van der Waals surface area contributed by atoms with E-state index in [0.717, 1.165) is 5.56 Å². The van der Waals surface area contributed by atoms with Gasteiger partial charge in [-0.25, -0.2) is 4.39 Å². The topological polar surface area (TPSA) is 26.3 Å². The van der Waals surface area contributed by atoms with Gasteiger partial charge in [-0.15, -0.1) is 0 Å². The highest BCUT2D eigenvalue weighted by Crippen LogP contribution is 2.09. The van der Waals surface area contributed by atoms with Gasteiger partial charge < -0.3 is 4.74 Å². The Morgan fingerprint density at radius 1 is 1.50 bits per heavy atom. The first kappa shape index (κ1) is 10.7. The van der Waals surface area contributed by atoms with Crippen molar-refractivity contribution in [1.29, 1.82) is 0 Å². The lowest BCUT2D eigenvalue weighted by Gasteiger charge is -2.03. The van der Waals surface area contributed by atoms with Gasteiger partial charge in [0.15, 0.2) is 0 Å². The number of esters is 1. The van der Waals surface area contributed by atoms with E-state index in [4.69, 9.17) is 4.74 Å². The second kappa shape index (κ2) is 4.74. The Hall–Kier alpha value is -1.38. The van der Waals surface area contributed by atoms with Crippen molar-refractivity contribution in [3.8, 4) is 0 Å². The third-order valence-electron chi connectivity index (χ3n) is 1.92. The second-order valence-corrected chi connectivity index (χ2v) is 3.17. The summed E-state index contributed by atoms with van der Waals surface area (Å²) in [5.41, 5.74) is 1.59. The van der Waals surface area contributed by atoms with Gasteiger partial charge in [-0.05, 0) is 24.1 Å². The molecule has 0 saturated heterocycles. The van der Waals surface area contributed by atoms with E-state index >= 15 is 0 Å². The van der Waals surface area contributed by atoms with Crippen LogP contribution in [-0.2, 0) is 16.0 Å². The second-order valence-electron chi connectivity index (χ2n) is 3.17. The molecule has 0 atom stereocenters. The molecule has 0 aromatic heterocycles. The standard InChI is InChI=1S/C11H13FO2/c1-8-7-10(3-4-11(8)12)5-6-14-9(2)13/h3-4,7H,5-6H2,1-2H3. The lowest BCUT2D eigenvalue weighted by molar-refractivity contribution is -0.140. The molecule has 3 heteroatoms. The molecule has 1 rings (SSSR count). The zero-order valence-corrected chi connectivity index (χ0v) is 8.34. The molecule has 0 fully saturated rings. The van der Waals surface area contributed by atoms with Gasteiger partial charge >= 0.3 is 5.97 Å². The maximum Gasteiger partial charge on any atom is 0.302 e. The summed E-state index contributed by atoms with van der Waals surface area (Å²) in [7, 11) is 0. The smallest absolute Gasteiger partial charge is 0.302 e. The average molecular weight is 196 g/mol. The normalized spacial score (nSPS) is 9.93. The fourth-order valence-electron chi connectivity index (χ4n) is 1.17. The third kappa shape index (κ3) is 3.17. The quantitative estimate of drug-likeness (QED) is 0.693. The maximum absolute atomic E-state index is 12.9. The maximum atomic E-state index is 12.9. The van der Waals surface area contributed by atoms with Crippen molar-refractivity contribution < 1.29 is 13.9 Å². The van der Waals surface area contributed by atoms with Crippen LogP contribution in [0.2, 0.25) is 0 Å². The number of rotatable bonds is 3. The molecular formula is C11H13FO2. The number of benzene rings is 1. The number of ether oxygens (including phenoxy) is 1. The van der Waals surface area contributed by atoms with E-state index in [2.05, 4.69) is 0 Å². The van der Waals surface area contributed by atoms with Gasteiger partial charge in [0.05, 0.1) is 6.61 Å². The Balaban J connectivity index is 2.51. The van der Waals surface area contributed by atoms with Gasteiger partial charge in [-0.3, -0.25) is 4.79 Å². The fourth-order valence-corrected chi connectivity index (χ4v) is 1.17. The minimum Gasteiger partial charge on any atom is -0.466 e. The van der Waals surface area contributed by atoms with Crippen LogP contribution in [0.1, 0.15) is 18.1 Å². The molecule has 0 saturated carbocycles. The van der Waals surface area contributed by atoms with Crippen molar-refractivity contribution in [2.24, 2.45) is 0 Å². The predicted molar refractivity (Wildman–Crippen MR) is 51.5 cm³/mol. The highest BCUT2D eigenvalue weighted by molar-refractivity contribution is 5.65. The summed E-state index contributed by atoms with van der Waals surface area (Å²) in [6, 6.07) is 4.89. The molecule has 0 amide bonds. The summed E-state index contributed by atoms with van der Waals surface area (Å²) < 4.78 is 17.6. The molecule has 0 radical (unpaired) electrons. The van der Waals surface area contributed by atoms with Gasteiger partial charge in [-0.1, -0.05) is 12.1 Å². The van der Waals surface area contributed by atoms with Gasteiger partial charge in [0.2, 0.25) is 0 Å². The largest absolute Gasteiger partial charge is 0.466 e. The Morgan fingerprint density at radius 3 is 2.79 bits per heavy atom. The van der Waals surface area contributed by atoms with Crippen molar-refractivity contribution >= 4 is 5.97 Å². The molecule has 76 valence electrons. The van der Waals surface area contributed by atoms with Gasteiger partial charge in [-0.2, -0.15) is 0 Å². The third-order valence-corrected chi connectivity index (χ3v) is 1.92. The molecule has 1 aromatic carbocycles. The predicted octanol–water partition coefficient (Wildman–Crippen LogP) is 2.24. The van der Waals surface area contributed by atoms with E-state index in [-0.39, 0.29) is 11.8 Å². The molecule has 0 aliphatic rings. The SMILES string of the molecule is CC(=O)OCCc1ccc(F)c(C)c1. The first-order chi connectivity index (χ1) is 6.59. The number of hydrogen-bond donors (Lipinski definition) is 0. The van der Waals surface area contributed by atoms with Crippen molar-refractivity contribution in [3.63, 3.8) is 0 Å². The number of halogens is 1. The summed E-state index contributed by atoms with van der Waals surface area (Å²) >= 11 is 0. The molecule has 2 nitrogen and oxygen atoms in total. The lowest BCUT2D eigenvalue weighted by Crippen LogP contribution is -2.03. The van der Waals surface area contributed by atoms with E-state index < -0.39 is 0 Å². The number of carbonyl (C=O) groups excluding carboxylic acids is 1. The van der Waals surface area contributed by atoms with Crippen LogP contribution in [-0.4, -0.2) is 12.6 Å². The highest BCUT2D eigenvalue weighted by Gasteiger charge is 1.99. The average Bonchev–Trinajstić information content (AvgIpc) is 2.10. The van der Waals surface area contributed by atoms with Crippen LogP contribution >= 0.6 is 0 Å². The number of aryl methyl sites for hydroxylation is 1. The Labute approximate surface area is 82.7 Å². The summed E-state index contributed by atoms with van der Waals surface area (Å²) in [6.07, 6.45) is 0.626. The Bertz CT molecular complexity index is 334. The van der Waals surface area contributed by atoms with E-state index in [1.165, 1.54) is 13.0 Å². The molecule has 0 spiro atoms. The van der Waals surface area contributed by atoms with Crippen LogP contribution < -0.4 is 0 Å². The summed E-state index contributed by atoms with van der Waals surface area (Å²) in [4.78, 5) is 10.5. The van der Waals surface area contributed by atoms with Crippen molar-refractivity contribution in [3.05, 3.63) is 35.1 Å². The van der Waals surface area contributed by atoms with Crippen LogP contribution in [0.5, 0.6) is 0 Å². The van der Waals surface area contributed by atoms with E-state index in [1.54, 1.807) is 19.1 Å². The molecular weight excluding hydrogens is 183 g/mol. The van der Waals surface area contributed by atoms with E-state index in [1.807, 2.05) is 0 Å². The van der Waals surface area contributed by atoms with Crippen molar-refractivity contribution in [2.75, 3.05) is 6.61 Å². The van der Waals surface area contributed by atoms with E-state index in [0.29, 0.717) is 18.6 Å². The summed E-state index contributed by atoms with van der Waals surface area (Å²) in [5, 5.41) is 0. The van der Waals surface area contributed by atoms with E-state index in [9.17, 15) is 9.18 Å². The number of hydrogen-bond acceptors (Lipinski definition) is 2. The Kier molecular flexibility index (Phi) is 3.63. The molecule has 1 aromatic rings. The minimum absolute atomic E-state index is 0.207. The van der Waals surface area contributed by atoms with Crippen molar-refractivity contribution in [1.82, 2.24) is 0 Å². The number of carbonyl (C=O) groups is 1. The van der Waals surface area contributed by atoms with Crippen molar-refractivity contribution in [2.45, 2.75) is 20.3 Å². The molecule has 0 heterocycles. The highest BCUT2D eigenvalue weighted by atomic mass is 19.1. The van der Waals surface area contributed by atoms with Gasteiger partial charge in [0.25, 0.3) is 0 Å². The first-order valence-corrected chi connectivity index (χ1v) is 4.48. The molecule has 0 aliphatic carbocycles. The monoisotopic (exact) mass is 196 g/mol. The summed E-state index contributed by atoms with van der Waals surface area (Å²) in [6.45, 7) is 3.43. The Morgan fingerprint density at radius 2 is 2.21 bits per heavy atom.